The standard InChI is InChI=1S/C25H20N4O3S/c1-16(23(30)26-20-14-12-19(13-15-20)24(31)32)33-25-27-21(17-8-4-2-5-9-17)22(28-29-25)18-10-6-3-7-11-18/h2-16H,1H3,(H,26,30)(H,31,32). The second kappa shape index (κ2) is 10.1. The molecule has 4 rings (SSSR count). The van der Waals surface area contributed by atoms with Gasteiger partial charge in [-0.25, -0.2) is 9.78 Å². The Morgan fingerprint density at radius 3 is 1.97 bits per heavy atom. The molecular weight excluding hydrogens is 436 g/mol. The number of aromatic nitrogens is 3. The van der Waals surface area contributed by atoms with Crippen LogP contribution in [0.25, 0.3) is 22.5 Å². The Bertz CT molecular complexity index is 1270. The van der Waals surface area contributed by atoms with Crippen LogP contribution in [0.15, 0.2) is 90.1 Å². The number of nitrogens with one attached hydrogen (secondary N) is 1. The van der Waals surface area contributed by atoms with E-state index in [0.29, 0.717) is 22.2 Å². The number of amides is 1. The van der Waals surface area contributed by atoms with Crippen molar-refractivity contribution in [3.05, 3.63) is 90.5 Å². The van der Waals surface area contributed by atoms with Crippen molar-refractivity contribution < 1.29 is 14.7 Å². The van der Waals surface area contributed by atoms with Crippen LogP contribution >= 0.6 is 11.8 Å². The van der Waals surface area contributed by atoms with Gasteiger partial charge in [0.2, 0.25) is 11.1 Å². The first-order valence-corrected chi connectivity index (χ1v) is 11.1. The summed E-state index contributed by atoms with van der Waals surface area (Å²) >= 11 is 1.20. The van der Waals surface area contributed by atoms with Gasteiger partial charge in [-0.15, -0.1) is 10.2 Å². The lowest BCUT2D eigenvalue weighted by Crippen LogP contribution is -2.22. The van der Waals surface area contributed by atoms with E-state index in [-0.39, 0.29) is 11.5 Å². The quantitative estimate of drug-likeness (QED) is 0.376. The highest BCUT2D eigenvalue weighted by molar-refractivity contribution is 8.00. The largest absolute Gasteiger partial charge is 0.478 e. The summed E-state index contributed by atoms with van der Waals surface area (Å²) < 4.78 is 0. The molecule has 2 N–H and O–H groups in total. The van der Waals surface area contributed by atoms with Gasteiger partial charge in [0.05, 0.1) is 10.8 Å². The summed E-state index contributed by atoms with van der Waals surface area (Å²) in [6, 6.07) is 25.4. The van der Waals surface area contributed by atoms with Crippen molar-refractivity contribution in [2.45, 2.75) is 17.3 Å². The molecule has 0 aliphatic carbocycles. The highest BCUT2D eigenvalue weighted by Crippen LogP contribution is 2.30. The van der Waals surface area contributed by atoms with Gasteiger partial charge < -0.3 is 10.4 Å². The zero-order valence-electron chi connectivity index (χ0n) is 17.7. The minimum Gasteiger partial charge on any atom is -0.478 e. The predicted octanol–water partition coefficient (Wildman–Crippen LogP) is 5.02. The first-order chi connectivity index (χ1) is 16.0. The van der Waals surface area contributed by atoms with E-state index in [4.69, 9.17) is 10.1 Å². The van der Waals surface area contributed by atoms with Crippen LogP contribution < -0.4 is 5.32 Å². The third-order valence-electron chi connectivity index (χ3n) is 4.81. The maximum Gasteiger partial charge on any atom is 0.335 e. The van der Waals surface area contributed by atoms with Crippen molar-refractivity contribution in [2.24, 2.45) is 0 Å². The van der Waals surface area contributed by atoms with Crippen LogP contribution in [0.5, 0.6) is 0 Å². The van der Waals surface area contributed by atoms with Crippen LogP contribution in [0.2, 0.25) is 0 Å². The van der Waals surface area contributed by atoms with Crippen molar-refractivity contribution in [3.8, 4) is 22.5 Å². The van der Waals surface area contributed by atoms with Crippen LogP contribution in [0.1, 0.15) is 17.3 Å². The number of carboxylic acids is 1. The third kappa shape index (κ3) is 5.42. The van der Waals surface area contributed by atoms with Gasteiger partial charge in [-0.2, -0.15) is 0 Å². The Morgan fingerprint density at radius 1 is 0.818 bits per heavy atom. The number of thioether (sulfide) groups is 1. The number of rotatable bonds is 7. The van der Waals surface area contributed by atoms with Crippen molar-refractivity contribution in [2.75, 3.05) is 5.32 Å². The molecule has 8 heteroatoms. The monoisotopic (exact) mass is 456 g/mol. The van der Waals surface area contributed by atoms with E-state index in [0.717, 1.165) is 11.1 Å². The van der Waals surface area contributed by atoms with Crippen molar-refractivity contribution in [1.82, 2.24) is 15.2 Å². The maximum atomic E-state index is 12.7. The Labute approximate surface area is 194 Å². The molecule has 7 nitrogen and oxygen atoms in total. The average Bonchev–Trinajstić information content (AvgIpc) is 2.85. The van der Waals surface area contributed by atoms with Crippen LogP contribution in [0, 0.1) is 0 Å². The van der Waals surface area contributed by atoms with Crippen LogP contribution in [-0.4, -0.2) is 37.4 Å². The highest BCUT2D eigenvalue weighted by Gasteiger charge is 2.19. The van der Waals surface area contributed by atoms with Gasteiger partial charge in [0.15, 0.2) is 0 Å². The summed E-state index contributed by atoms with van der Waals surface area (Å²) in [5, 5.41) is 20.3. The van der Waals surface area contributed by atoms with Gasteiger partial charge in [0, 0.05) is 16.8 Å². The number of benzene rings is 3. The molecule has 0 bridgehead atoms. The molecule has 33 heavy (non-hydrogen) atoms. The number of anilines is 1. The molecule has 0 radical (unpaired) electrons. The molecule has 0 saturated heterocycles. The number of aromatic carboxylic acids is 1. The van der Waals surface area contributed by atoms with E-state index in [9.17, 15) is 9.59 Å². The first kappa shape index (κ1) is 22.2. The summed E-state index contributed by atoms with van der Waals surface area (Å²) in [6.07, 6.45) is 0. The molecule has 1 amide bonds. The summed E-state index contributed by atoms with van der Waals surface area (Å²) in [7, 11) is 0. The predicted molar refractivity (Wildman–Crippen MR) is 128 cm³/mol. The van der Waals surface area contributed by atoms with Gasteiger partial charge in [0.25, 0.3) is 0 Å². The molecule has 1 atom stereocenters. The van der Waals surface area contributed by atoms with Crippen molar-refractivity contribution in [1.29, 1.82) is 0 Å². The topological polar surface area (TPSA) is 105 Å². The summed E-state index contributed by atoms with van der Waals surface area (Å²) in [6.45, 7) is 1.75. The Hall–Kier alpha value is -4.04. The van der Waals surface area contributed by atoms with Crippen molar-refractivity contribution in [3.63, 3.8) is 0 Å². The minimum absolute atomic E-state index is 0.154. The SMILES string of the molecule is CC(Sc1nnc(-c2ccccc2)c(-c2ccccc2)n1)C(=O)Nc1ccc(C(=O)O)cc1. The maximum absolute atomic E-state index is 12.7. The second-order valence-electron chi connectivity index (χ2n) is 7.16. The molecule has 0 fully saturated rings. The lowest BCUT2D eigenvalue weighted by molar-refractivity contribution is -0.115. The summed E-state index contributed by atoms with van der Waals surface area (Å²) in [5.74, 6) is -1.27. The van der Waals surface area contributed by atoms with E-state index in [2.05, 4.69) is 15.5 Å². The second-order valence-corrected chi connectivity index (χ2v) is 8.46. The van der Waals surface area contributed by atoms with Crippen LogP contribution in [-0.2, 0) is 4.79 Å². The molecule has 0 saturated carbocycles. The van der Waals surface area contributed by atoms with Gasteiger partial charge in [-0.3, -0.25) is 4.79 Å². The Balaban J connectivity index is 1.55. The van der Waals surface area contributed by atoms with Gasteiger partial charge in [-0.1, -0.05) is 72.4 Å². The fourth-order valence-corrected chi connectivity index (χ4v) is 3.81. The number of nitrogens with zero attached hydrogens (tertiary/aromatic N) is 3. The molecule has 0 aliphatic heterocycles. The summed E-state index contributed by atoms with van der Waals surface area (Å²) in [5.41, 5.74) is 3.84. The van der Waals surface area contributed by atoms with Gasteiger partial charge in [-0.05, 0) is 31.2 Å². The summed E-state index contributed by atoms with van der Waals surface area (Å²) in [4.78, 5) is 28.4. The van der Waals surface area contributed by atoms with E-state index >= 15 is 0 Å². The molecule has 0 spiro atoms. The number of carbonyl (C=O) groups excluding carboxylic acids is 1. The zero-order valence-corrected chi connectivity index (χ0v) is 18.5. The lowest BCUT2D eigenvalue weighted by atomic mass is 10.0. The van der Waals surface area contributed by atoms with Gasteiger partial charge >= 0.3 is 5.97 Å². The number of carboxylic acid groups (broad SMARTS) is 1. The number of carbonyl (C=O) groups is 2. The zero-order chi connectivity index (χ0) is 23.2. The van der Waals surface area contributed by atoms with Gasteiger partial charge in [0.1, 0.15) is 11.4 Å². The molecule has 1 heterocycles. The third-order valence-corrected chi connectivity index (χ3v) is 5.76. The molecule has 0 aliphatic rings. The van der Waals surface area contributed by atoms with E-state index in [1.54, 1.807) is 19.1 Å². The highest BCUT2D eigenvalue weighted by atomic mass is 32.2. The van der Waals surface area contributed by atoms with E-state index in [1.165, 1.54) is 23.9 Å². The lowest BCUT2D eigenvalue weighted by Gasteiger charge is -2.13. The van der Waals surface area contributed by atoms with Crippen molar-refractivity contribution >= 4 is 29.3 Å². The molecule has 1 unspecified atom stereocenters. The Morgan fingerprint density at radius 2 is 1.39 bits per heavy atom. The smallest absolute Gasteiger partial charge is 0.335 e. The van der Waals surface area contributed by atoms with Crippen LogP contribution in [0.4, 0.5) is 5.69 Å². The van der Waals surface area contributed by atoms with Crippen LogP contribution in [0.3, 0.4) is 0 Å². The molecule has 164 valence electrons. The molecule has 3 aromatic carbocycles. The normalized spacial score (nSPS) is 11.5. The number of hydrogen-bond acceptors (Lipinski definition) is 6. The fraction of sp³-hybridized carbons (Fsp3) is 0.0800. The first-order valence-electron chi connectivity index (χ1n) is 10.2. The molecule has 1 aromatic heterocycles. The minimum atomic E-state index is -1.02. The Kier molecular flexibility index (Phi) is 6.75. The fourth-order valence-electron chi connectivity index (χ4n) is 3.10. The van der Waals surface area contributed by atoms with E-state index in [1.807, 2.05) is 60.7 Å². The number of hydrogen-bond donors (Lipinski definition) is 2. The molecule has 4 aromatic rings. The van der Waals surface area contributed by atoms with E-state index < -0.39 is 11.2 Å². The molecular formula is C25H20N4O3S. The average molecular weight is 457 g/mol.